The zero-order chi connectivity index (χ0) is 23.8. The molecule has 2 aromatic heterocycles. The molecule has 0 fully saturated rings. The number of aromatic amines is 1. The van der Waals surface area contributed by atoms with Gasteiger partial charge in [-0.1, -0.05) is 17.1 Å². The van der Waals surface area contributed by atoms with Gasteiger partial charge >= 0.3 is 0 Å². The van der Waals surface area contributed by atoms with Crippen LogP contribution in [0.4, 0.5) is 0 Å². The Morgan fingerprint density at radius 2 is 1.91 bits per heavy atom. The van der Waals surface area contributed by atoms with E-state index < -0.39 is 35.6 Å². The van der Waals surface area contributed by atoms with Crippen LogP contribution < -0.4 is 10.3 Å². The third-order valence-corrected chi connectivity index (χ3v) is 6.02. The van der Waals surface area contributed by atoms with Crippen LogP contribution in [-0.2, 0) is 21.7 Å². The van der Waals surface area contributed by atoms with Crippen LogP contribution in [0.3, 0.4) is 0 Å². The Bertz CT molecular complexity index is 1150. The van der Waals surface area contributed by atoms with Gasteiger partial charge in [0.2, 0.25) is 0 Å². The number of aromatic nitrogens is 4. The summed E-state index contributed by atoms with van der Waals surface area (Å²) in [6.45, 7) is 5.58. The standard InChI is InChI=1S/C23H26N6O4/c1-14(15-5-7-17(8-6-15)29-10-4-9-26-29)27-21(32)18(30)19(31)22(33)28-12-16-11-24-13-25-20(16)23(28,2)3/h4-11,13-14,18-19,30-31H,12H2,1-3H3,(H,27,32)/p+1/t14-,18-,19-/m1/s1. The van der Waals surface area contributed by atoms with Gasteiger partial charge in [0.25, 0.3) is 18.1 Å². The lowest BCUT2D eigenvalue weighted by molar-refractivity contribution is -0.383. The summed E-state index contributed by atoms with van der Waals surface area (Å²) in [6, 6.07) is 8.76. The van der Waals surface area contributed by atoms with Gasteiger partial charge in [-0.25, -0.2) is 4.68 Å². The van der Waals surface area contributed by atoms with Crippen LogP contribution in [0, 0.1) is 0 Å². The van der Waals surface area contributed by atoms with Crippen molar-refractivity contribution in [2.45, 2.75) is 51.1 Å². The second-order valence-corrected chi connectivity index (χ2v) is 8.59. The Labute approximate surface area is 190 Å². The van der Waals surface area contributed by atoms with Crippen LogP contribution >= 0.6 is 0 Å². The second-order valence-electron chi connectivity index (χ2n) is 8.59. The lowest BCUT2D eigenvalue weighted by Crippen LogP contribution is -2.53. The number of aliphatic hydroxyl groups excluding tert-OH is 2. The molecule has 2 amide bonds. The zero-order valence-electron chi connectivity index (χ0n) is 18.6. The van der Waals surface area contributed by atoms with Gasteiger partial charge in [-0.15, -0.1) is 0 Å². The van der Waals surface area contributed by atoms with Crippen molar-refractivity contribution in [1.82, 2.24) is 25.0 Å². The number of fused-ring (bicyclic) bond motifs is 1. The predicted molar refractivity (Wildman–Crippen MR) is 117 cm³/mol. The monoisotopic (exact) mass is 451 g/mol. The highest BCUT2D eigenvalue weighted by Crippen LogP contribution is 2.37. The van der Waals surface area contributed by atoms with Crippen molar-refractivity contribution in [2.24, 2.45) is 0 Å². The molecule has 0 saturated heterocycles. The highest BCUT2D eigenvalue weighted by atomic mass is 16.3. The van der Waals surface area contributed by atoms with E-state index in [1.165, 1.54) is 11.2 Å². The number of amides is 2. The smallest absolute Gasteiger partial charge is 0.284 e. The van der Waals surface area contributed by atoms with E-state index in [0.29, 0.717) is 5.69 Å². The molecule has 3 atom stereocenters. The van der Waals surface area contributed by atoms with E-state index in [0.717, 1.165) is 16.8 Å². The Morgan fingerprint density at radius 1 is 1.18 bits per heavy atom. The normalized spacial score (nSPS) is 17.2. The van der Waals surface area contributed by atoms with Crippen LogP contribution in [0.25, 0.3) is 5.69 Å². The molecule has 1 aromatic carbocycles. The van der Waals surface area contributed by atoms with Crippen LogP contribution in [0.2, 0.25) is 0 Å². The fourth-order valence-corrected chi connectivity index (χ4v) is 4.07. The van der Waals surface area contributed by atoms with E-state index in [4.69, 9.17) is 0 Å². The summed E-state index contributed by atoms with van der Waals surface area (Å²) in [4.78, 5) is 34.2. The lowest BCUT2D eigenvalue weighted by Gasteiger charge is -2.32. The Balaban J connectivity index is 1.40. The molecule has 1 aliphatic heterocycles. The van der Waals surface area contributed by atoms with Crippen LogP contribution in [-0.4, -0.2) is 53.9 Å². The summed E-state index contributed by atoms with van der Waals surface area (Å²) in [5.74, 6) is -1.57. The zero-order valence-corrected chi connectivity index (χ0v) is 18.6. The third-order valence-electron chi connectivity index (χ3n) is 6.02. The predicted octanol–water partition coefficient (Wildman–Crippen LogP) is 0.258. The van der Waals surface area contributed by atoms with Crippen LogP contribution in [0.15, 0.2) is 55.2 Å². The third kappa shape index (κ3) is 4.22. The quantitative estimate of drug-likeness (QED) is 0.492. The van der Waals surface area contributed by atoms with Gasteiger partial charge in [-0.3, -0.25) is 14.6 Å². The number of benzene rings is 1. The van der Waals surface area contributed by atoms with Crippen molar-refractivity contribution in [1.29, 1.82) is 0 Å². The SMILES string of the molecule is C[C@@H](NC(=O)[C@H](O)[C@@H](O)C(=O)N1Cc2c[nH+]cnc2C1(C)C)c1ccc(-n2cccn2)cc1. The Kier molecular flexibility index (Phi) is 5.96. The summed E-state index contributed by atoms with van der Waals surface area (Å²) >= 11 is 0. The summed E-state index contributed by atoms with van der Waals surface area (Å²) in [6.07, 6.45) is 2.95. The van der Waals surface area contributed by atoms with Crippen LogP contribution in [0.5, 0.6) is 0 Å². The number of carbonyl (C=O) groups excluding carboxylic acids is 2. The van der Waals surface area contributed by atoms with Crippen molar-refractivity contribution in [3.8, 4) is 5.69 Å². The summed E-state index contributed by atoms with van der Waals surface area (Å²) in [5.41, 5.74) is 2.39. The first-order chi connectivity index (χ1) is 15.7. The molecule has 172 valence electrons. The van der Waals surface area contributed by atoms with E-state index in [-0.39, 0.29) is 6.54 Å². The molecular formula is C23H27N6O4+. The van der Waals surface area contributed by atoms with E-state index in [1.54, 1.807) is 37.8 Å². The number of aliphatic hydroxyl groups is 2. The highest BCUT2D eigenvalue weighted by Gasteiger charge is 2.48. The molecule has 3 heterocycles. The average Bonchev–Trinajstić information content (AvgIpc) is 3.44. The van der Waals surface area contributed by atoms with E-state index in [1.807, 2.05) is 36.5 Å². The first-order valence-corrected chi connectivity index (χ1v) is 10.6. The Hall–Kier alpha value is -3.63. The van der Waals surface area contributed by atoms with Gasteiger partial charge in [-0.2, -0.15) is 5.10 Å². The molecule has 0 radical (unpaired) electrons. The molecule has 0 unspecified atom stereocenters. The summed E-state index contributed by atoms with van der Waals surface area (Å²) in [5, 5.41) is 27.8. The summed E-state index contributed by atoms with van der Waals surface area (Å²) < 4.78 is 1.71. The topological polar surface area (TPSA) is 135 Å². The van der Waals surface area contributed by atoms with Gasteiger partial charge in [0.05, 0.1) is 30.0 Å². The van der Waals surface area contributed by atoms with Gasteiger partial charge in [0, 0.05) is 12.4 Å². The van der Waals surface area contributed by atoms with Crippen molar-refractivity contribution in [3.63, 3.8) is 0 Å². The van der Waals surface area contributed by atoms with Crippen molar-refractivity contribution < 1.29 is 24.8 Å². The number of rotatable bonds is 6. The van der Waals surface area contributed by atoms with E-state index >= 15 is 0 Å². The first kappa shape index (κ1) is 22.6. The molecule has 1 aliphatic rings. The minimum Gasteiger partial charge on any atom is -0.380 e. The van der Waals surface area contributed by atoms with Crippen LogP contribution in [0.1, 0.15) is 43.6 Å². The molecular weight excluding hydrogens is 424 g/mol. The molecule has 33 heavy (non-hydrogen) atoms. The average molecular weight is 452 g/mol. The van der Waals surface area contributed by atoms with Gasteiger partial charge in [-0.05, 0) is 44.5 Å². The maximum absolute atomic E-state index is 13.0. The first-order valence-electron chi connectivity index (χ1n) is 10.6. The molecule has 3 aromatic rings. The number of nitrogens with one attached hydrogen (secondary N) is 2. The second kappa shape index (κ2) is 8.72. The Morgan fingerprint density at radius 3 is 2.55 bits per heavy atom. The molecule has 10 heteroatoms. The molecule has 10 nitrogen and oxygen atoms in total. The highest BCUT2D eigenvalue weighted by molar-refractivity contribution is 5.91. The number of hydrogen-bond donors (Lipinski definition) is 3. The van der Waals surface area contributed by atoms with Crippen molar-refractivity contribution in [3.05, 3.63) is 72.1 Å². The summed E-state index contributed by atoms with van der Waals surface area (Å²) in [7, 11) is 0. The minimum absolute atomic E-state index is 0.218. The number of H-pyrrole nitrogens is 1. The molecule has 0 saturated carbocycles. The molecule has 4 N–H and O–H groups in total. The largest absolute Gasteiger partial charge is 0.380 e. The number of nitrogens with zero attached hydrogens (tertiary/aromatic N) is 4. The molecule has 0 aliphatic carbocycles. The molecule has 4 rings (SSSR count). The van der Waals surface area contributed by atoms with Gasteiger partial charge in [0.1, 0.15) is 5.54 Å². The van der Waals surface area contributed by atoms with Crippen molar-refractivity contribution in [2.75, 3.05) is 0 Å². The van der Waals surface area contributed by atoms with Gasteiger partial charge < -0.3 is 20.4 Å². The van der Waals surface area contributed by atoms with E-state index in [2.05, 4.69) is 20.4 Å². The number of hydrogen-bond acceptors (Lipinski definition) is 6. The lowest BCUT2D eigenvalue weighted by atomic mass is 9.99. The molecule has 0 bridgehead atoms. The number of carbonyl (C=O) groups is 2. The fourth-order valence-electron chi connectivity index (χ4n) is 4.07. The van der Waals surface area contributed by atoms with Crippen molar-refractivity contribution >= 4 is 11.8 Å². The maximum Gasteiger partial charge on any atom is 0.284 e. The maximum atomic E-state index is 13.0. The van der Waals surface area contributed by atoms with Gasteiger partial charge in [0.15, 0.2) is 17.9 Å². The fraction of sp³-hybridized carbons (Fsp3) is 0.348. The van der Waals surface area contributed by atoms with E-state index in [9.17, 15) is 19.8 Å². The minimum atomic E-state index is -1.91. The molecule has 0 spiro atoms.